The van der Waals surface area contributed by atoms with Crippen LogP contribution >= 0.6 is 0 Å². The molecule has 0 saturated carbocycles. The molecule has 0 bridgehead atoms. The highest BCUT2D eigenvalue weighted by Crippen LogP contribution is 2.08. The fraction of sp³-hybridized carbons (Fsp3) is 0.615. The van der Waals surface area contributed by atoms with Crippen molar-refractivity contribution in [2.24, 2.45) is 5.92 Å². The van der Waals surface area contributed by atoms with Gasteiger partial charge in [-0.25, -0.2) is 4.79 Å². The van der Waals surface area contributed by atoms with Crippen molar-refractivity contribution in [3.63, 3.8) is 0 Å². The quantitative estimate of drug-likeness (QED) is 0.376. The Labute approximate surface area is 92.7 Å². The number of unbranched alkanes of at least 4 members (excludes halogenated alkanes) is 2. The van der Waals surface area contributed by atoms with Crippen molar-refractivity contribution >= 4 is 5.97 Å². The van der Waals surface area contributed by atoms with Gasteiger partial charge >= 0.3 is 5.97 Å². The summed E-state index contributed by atoms with van der Waals surface area (Å²) >= 11 is 0. The van der Waals surface area contributed by atoms with Crippen LogP contribution in [0.2, 0.25) is 0 Å². The average molecular weight is 210 g/mol. The number of carbonyl (C=O) groups is 1. The Morgan fingerprint density at radius 1 is 1.20 bits per heavy atom. The van der Waals surface area contributed by atoms with Crippen molar-refractivity contribution in [1.82, 2.24) is 0 Å². The fourth-order valence-electron chi connectivity index (χ4n) is 1.28. The van der Waals surface area contributed by atoms with Gasteiger partial charge in [0, 0.05) is 6.08 Å². The minimum atomic E-state index is -0.875. The van der Waals surface area contributed by atoms with Crippen molar-refractivity contribution in [2.45, 2.75) is 46.0 Å². The van der Waals surface area contributed by atoms with Gasteiger partial charge in [0.05, 0.1) is 0 Å². The van der Waals surface area contributed by atoms with E-state index in [2.05, 4.69) is 19.9 Å². The predicted molar refractivity (Wildman–Crippen MR) is 63.8 cm³/mol. The Hall–Kier alpha value is -1.05. The van der Waals surface area contributed by atoms with Crippen molar-refractivity contribution in [3.05, 3.63) is 24.3 Å². The summed E-state index contributed by atoms with van der Waals surface area (Å²) in [7, 11) is 0. The van der Waals surface area contributed by atoms with Gasteiger partial charge in [-0.1, -0.05) is 44.9 Å². The third-order valence-electron chi connectivity index (χ3n) is 2.10. The van der Waals surface area contributed by atoms with E-state index in [4.69, 9.17) is 5.11 Å². The molecule has 0 aromatic rings. The lowest BCUT2D eigenvalue weighted by molar-refractivity contribution is -0.131. The molecule has 15 heavy (non-hydrogen) atoms. The monoisotopic (exact) mass is 210 g/mol. The van der Waals surface area contributed by atoms with Crippen LogP contribution in [0.4, 0.5) is 0 Å². The van der Waals surface area contributed by atoms with E-state index in [1.54, 1.807) is 6.08 Å². The minimum absolute atomic E-state index is 0.719. The smallest absolute Gasteiger partial charge is 0.327 e. The van der Waals surface area contributed by atoms with Crippen LogP contribution in [0.5, 0.6) is 0 Å². The molecule has 0 spiro atoms. The molecule has 0 rings (SSSR count). The summed E-state index contributed by atoms with van der Waals surface area (Å²) in [4.78, 5) is 10.1. The van der Waals surface area contributed by atoms with Crippen LogP contribution < -0.4 is 0 Å². The van der Waals surface area contributed by atoms with E-state index in [1.807, 2.05) is 6.08 Å². The maximum absolute atomic E-state index is 10.1. The van der Waals surface area contributed by atoms with Gasteiger partial charge in [0.15, 0.2) is 0 Å². The zero-order valence-electron chi connectivity index (χ0n) is 9.78. The number of rotatable bonds is 8. The molecule has 0 amide bonds. The minimum Gasteiger partial charge on any atom is -0.478 e. The molecule has 0 fully saturated rings. The number of carboxylic acid groups (broad SMARTS) is 1. The lowest BCUT2D eigenvalue weighted by Gasteiger charge is -2.01. The van der Waals surface area contributed by atoms with Crippen molar-refractivity contribution in [2.75, 3.05) is 0 Å². The first-order valence-corrected chi connectivity index (χ1v) is 5.67. The third-order valence-corrected chi connectivity index (χ3v) is 2.10. The first kappa shape index (κ1) is 13.9. The van der Waals surface area contributed by atoms with Crippen LogP contribution in [0.25, 0.3) is 0 Å². The Bertz CT molecular complexity index is 215. The second kappa shape index (κ2) is 9.50. The second-order valence-corrected chi connectivity index (χ2v) is 4.13. The number of carboxylic acids is 1. The Kier molecular flexibility index (Phi) is 8.84. The first-order valence-electron chi connectivity index (χ1n) is 5.67. The van der Waals surface area contributed by atoms with Gasteiger partial charge in [-0.05, 0) is 25.2 Å². The number of aliphatic carboxylic acids is 1. The predicted octanol–water partition coefficient (Wildman–Crippen LogP) is 3.79. The van der Waals surface area contributed by atoms with E-state index >= 15 is 0 Å². The molecule has 0 heterocycles. The van der Waals surface area contributed by atoms with E-state index < -0.39 is 5.97 Å². The Morgan fingerprint density at radius 2 is 1.93 bits per heavy atom. The maximum atomic E-state index is 10.1. The molecule has 0 radical (unpaired) electrons. The summed E-state index contributed by atoms with van der Waals surface area (Å²) in [6.07, 6.45) is 12.6. The van der Waals surface area contributed by atoms with Crippen LogP contribution in [0.1, 0.15) is 46.0 Å². The molecule has 0 aliphatic carbocycles. The number of hydrogen-bond acceptors (Lipinski definition) is 1. The standard InChI is InChI=1S/C13H22O2/c1-12(2)10-8-6-4-3-5-7-9-11-13(14)15/h3,5,9,11-12H,4,6-8,10H2,1-2H3,(H,14,15)/b5-3+,11-9+. The fourth-order valence-corrected chi connectivity index (χ4v) is 1.28. The van der Waals surface area contributed by atoms with Crippen LogP contribution in [0.15, 0.2) is 24.3 Å². The maximum Gasteiger partial charge on any atom is 0.327 e. The summed E-state index contributed by atoms with van der Waals surface area (Å²) < 4.78 is 0. The Morgan fingerprint density at radius 3 is 2.53 bits per heavy atom. The van der Waals surface area contributed by atoms with Crippen LogP contribution in [-0.2, 0) is 4.79 Å². The van der Waals surface area contributed by atoms with E-state index in [0.29, 0.717) is 0 Å². The van der Waals surface area contributed by atoms with Crippen LogP contribution in [0, 0.1) is 5.92 Å². The molecule has 0 atom stereocenters. The summed E-state index contributed by atoms with van der Waals surface area (Å²) in [5, 5.41) is 8.33. The molecular formula is C13H22O2. The molecule has 0 aromatic heterocycles. The number of allylic oxidation sites excluding steroid dienone is 3. The highest BCUT2D eigenvalue weighted by molar-refractivity contribution is 5.79. The molecule has 86 valence electrons. The van der Waals surface area contributed by atoms with Crippen molar-refractivity contribution in [1.29, 1.82) is 0 Å². The summed E-state index contributed by atoms with van der Waals surface area (Å²) in [6, 6.07) is 0. The van der Waals surface area contributed by atoms with Crippen molar-refractivity contribution in [3.8, 4) is 0 Å². The van der Waals surface area contributed by atoms with Crippen LogP contribution in [-0.4, -0.2) is 11.1 Å². The summed E-state index contributed by atoms with van der Waals surface area (Å²) in [5.41, 5.74) is 0. The van der Waals surface area contributed by atoms with Crippen molar-refractivity contribution < 1.29 is 9.90 Å². The Balaban J connectivity index is 3.28. The molecule has 0 aliphatic heterocycles. The molecule has 0 unspecified atom stereocenters. The molecule has 2 heteroatoms. The molecule has 2 nitrogen and oxygen atoms in total. The number of hydrogen-bond donors (Lipinski definition) is 1. The third kappa shape index (κ3) is 12.9. The lowest BCUT2D eigenvalue weighted by atomic mass is 10.1. The lowest BCUT2D eigenvalue weighted by Crippen LogP contribution is -1.86. The van der Waals surface area contributed by atoms with E-state index in [1.165, 1.54) is 25.3 Å². The van der Waals surface area contributed by atoms with Gasteiger partial charge in [0.2, 0.25) is 0 Å². The van der Waals surface area contributed by atoms with Gasteiger partial charge < -0.3 is 5.11 Å². The largest absolute Gasteiger partial charge is 0.478 e. The molecule has 1 N–H and O–H groups in total. The topological polar surface area (TPSA) is 37.3 Å². The van der Waals surface area contributed by atoms with Crippen LogP contribution in [0.3, 0.4) is 0 Å². The molecular weight excluding hydrogens is 188 g/mol. The zero-order chi connectivity index (χ0) is 11.5. The van der Waals surface area contributed by atoms with E-state index in [9.17, 15) is 4.79 Å². The second-order valence-electron chi connectivity index (χ2n) is 4.13. The van der Waals surface area contributed by atoms with E-state index in [-0.39, 0.29) is 0 Å². The molecule has 0 saturated heterocycles. The summed E-state index contributed by atoms with van der Waals surface area (Å²) in [6.45, 7) is 4.49. The highest BCUT2D eigenvalue weighted by atomic mass is 16.4. The molecule has 0 aromatic carbocycles. The van der Waals surface area contributed by atoms with E-state index in [0.717, 1.165) is 18.8 Å². The normalized spacial score (nSPS) is 11.9. The average Bonchev–Trinajstić information content (AvgIpc) is 2.14. The SMILES string of the molecule is CC(C)CCCC/C=C/C/C=C/C(=O)O. The molecule has 0 aliphatic rings. The van der Waals surface area contributed by atoms with Gasteiger partial charge in [-0.3, -0.25) is 0 Å². The van der Waals surface area contributed by atoms with Gasteiger partial charge in [-0.2, -0.15) is 0 Å². The van der Waals surface area contributed by atoms with Gasteiger partial charge in [0.1, 0.15) is 0 Å². The zero-order valence-corrected chi connectivity index (χ0v) is 9.78. The summed E-state index contributed by atoms with van der Waals surface area (Å²) in [5.74, 6) is -0.0761. The highest BCUT2D eigenvalue weighted by Gasteiger charge is 1.91. The first-order chi connectivity index (χ1) is 7.13. The van der Waals surface area contributed by atoms with Gasteiger partial charge in [-0.15, -0.1) is 0 Å². The van der Waals surface area contributed by atoms with Gasteiger partial charge in [0.25, 0.3) is 0 Å².